The molecule has 0 radical (unpaired) electrons. The topological polar surface area (TPSA) is 89.5 Å². The van der Waals surface area contributed by atoms with E-state index in [1.54, 1.807) is 22.2 Å². The molecule has 162 valence electrons. The SMILES string of the molecule is Cc1cccc(NC(=O)CSc2nnc3n4ncnc4c4c5c(sc4n23)CCC(C)C5)c1. The molecule has 4 aromatic heterocycles. The molecule has 32 heavy (non-hydrogen) atoms. The molecule has 1 aromatic carbocycles. The number of aryl methyl sites for hydroxylation is 2. The van der Waals surface area contributed by atoms with Crippen LogP contribution in [0.25, 0.3) is 21.6 Å². The number of rotatable bonds is 4. The third kappa shape index (κ3) is 3.17. The molecular formula is C22H21N7OS2. The van der Waals surface area contributed by atoms with Gasteiger partial charge < -0.3 is 5.32 Å². The predicted octanol–water partition coefficient (Wildman–Crippen LogP) is 4.15. The van der Waals surface area contributed by atoms with Gasteiger partial charge in [0.1, 0.15) is 11.2 Å². The van der Waals surface area contributed by atoms with Gasteiger partial charge in [-0.15, -0.1) is 21.5 Å². The van der Waals surface area contributed by atoms with Gasteiger partial charge in [0.25, 0.3) is 5.78 Å². The highest BCUT2D eigenvalue weighted by molar-refractivity contribution is 7.99. The van der Waals surface area contributed by atoms with E-state index in [0.717, 1.165) is 40.0 Å². The summed E-state index contributed by atoms with van der Waals surface area (Å²) in [7, 11) is 0. The highest BCUT2D eigenvalue weighted by Gasteiger charge is 2.26. The number of hydrogen-bond donors (Lipinski definition) is 1. The normalized spacial score (nSPS) is 16.1. The average Bonchev–Trinajstić information content (AvgIpc) is 3.48. The standard InChI is InChI=1S/C22H21N7OS2/c1-12-4-3-5-14(8-12)25-17(30)10-31-22-27-26-21-28(22)20-18(19-23-11-24-29(19)21)15-9-13(2)6-7-16(15)32-20/h3-5,8,11,13H,6-7,9-10H2,1-2H3,(H,25,30). The fourth-order valence-corrected chi connectivity index (χ4v) is 6.54. The van der Waals surface area contributed by atoms with Crippen LogP contribution in [0.4, 0.5) is 5.69 Å². The lowest BCUT2D eigenvalue weighted by Gasteiger charge is -2.17. The van der Waals surface area contributed by atoms with Gasteiger partial charge in [-0.1, -0.05) is 30.8 Å². The molecule has 0 saturated carbocycles. The number of benzene rings is 1. The number of hydrogen-bond acceptors (Lipinski definition) is 7. The minimum absolute atomic E-state index is 0.0743. The van der Waals surface area contributed by atoms with Crippen molar-refractivity contribution >= 4 is 56.3 Å². The molecule has 0 spiro atoms. The third-order valence-corrected chi connectivity index (χ3v) is 8.11. The summed E-state index contributed by atoms with van der Waals surface area (Å²) in [6.07, 6.45) is 4.91. The first kappa shape index (κ1) is 19.7. The van der Waals surface area contributed by atoms with Crippen LogP contribution in [0.5, 0.6) is 0 Å². The number of nitrogens with one attached hydrogen (secondary N) is 1. The lowest BCUT2D eigenvalue weighted by molar-refractivity contribution is -0.113. The summed E-state index contributed by atoms with van der Waals surface area (Å²) in [6, 6.07) is 7.79. The Hall–Kier alpha value is -2.98. The lowest BCUT2D eigenvalue weighted by Crippen LogP contribution is -2.14. The largest absolute Gasteiger partial charge is 0.325 e. The highest BCUT2D eigenvalue weighted by atomic mass is 32.2. The van der Waals surface area contributed by atoms with Gasteiger partial charge in [0.05, 0.1) is 11.1 Å². The second-order valence-corrected chi connectivity index (χ2v) is 10.4. The number of anilines is 1. The van der Waals surface area contributed by atoms with Crippen molar-refractivity contribution in [2.75, 3.05) is 11.1 Å². The van der Waals surface area contributed by atoms with E-state index in [1.165, 1.54) is 28.6 Å². The maximum atomic E-state index is 12.6. The first-order valence-electron chi connectivity index (χ1n) is 10.6. The van der Waals surface area contributed by atoms with Gasteiger partial charge in [0.2, 0.25) is 5.91 Å². The number of fused-ring (bicyclic) bond motifs is 8. The van der Waals surface area contributed by atoms with Gasteiger partial charge in [0, 0.05) is 10.6 Å². The third-order valence-electron chi connectivity index (χ3n) is 5.90. The van der Waals surface area contributed by atoms with Gasteiger partial charge in [-0.25, -0.2) is 9.38 Å². The van der Waals surface area contributed by atoms with E-state index in [2.05, 4.69) is 32.5 Å². The Labute approximate surface area is 192 Å². The van der Waals surface area contributed by atoms with Crippen LogP contribution in [-0.4, -0.2) is 40.9 Å². The lowest BCUT2D eigenvalue weighted by atomic mass is 9.89. The Balaban J connectivity index is 1.39. The first-order valence-corrected chi connectivity index (χ1v) is 12.4. The smallest absolute Gasteiger partial charge is 0.260 e. The van der Waals surface area contributed by atoms with Crippen molar-refractivity contribution in [1.82, 2.24) is 29.2 Å². The van der Waals surface area contributed by atoms with Crippen LogP contribution < -0.4 is 5.32 Å². The number of nitrogens with zero attached hydrogens (tertiary/aromatic N) is 6. The summed E-state index contributed by atoms with van der Waals surface area (Å²) >= 11 is 3.18. The summed E-state index contributed by atoms with van der Waals surface area (Å²) < 4.78 is 3.80. The summed E-state index contributed by atoms with van der Waals surface area (Å²) in [5.41, 5.74) is 4.12. The molecule has 5 aromatic rings. The van der Waals surface area contributed by atoms with Crippen LogP contribution >= 0.6 is 23.1 Å². The Morgan fingerprint density at radius 3 is 3.12 bits per heavy atom. The number of carbonyl (C=O) groups excluding carboxylic acids is 1. The molecule has 1 aliphatic rings. The van der Waals surface area contributed by atoms with Crippen molar-refractivity contribution in [3.63, 3.8) is 0 Å². The van der Waals surface area contributed by atoms with Crippen LogP contribution in [0.3, 0.4) is 0 Å². The molecule has 6 rings (SSSR count). The molecule has 4 heterocycles. The number of amides is 1. The average molecular weight is 464 g/mol. The zero-order valence-electron chi connectivity index (χ0n) is 17.7. The quantitative estimate of drug-likeness (QED) is 0.403. The number of aromatic nitrogens is 6. The van der Waals surface area contributed by atoms with E-state index in [9.17, 15) is 4.79 Å². The van der Waals surface area contributed by atoms with Crippen molar-refractivity contribution in [2.24, 2.45) is 5.92 Å². The summed E-state index contributed by atoms with van der Waals surface area (Å²) in [5, 5.41) is 18.0. The fraction of sp³-hybridized carbons (Fsp3) is 0.318. The Morgan fingerprint density at radius 2 is 2.25 bits per heavy atom. The van der Waals surface area contributed by atoms with Crippen LogP contribution in [0.2, 0.25) is 0 Å². The monoisotopic (exact) mass is 463 g/mol. The summed E-state index contributed by atoms with van der Waals surface area (Å²) in [5.74, 6) is 1.44. The second-order valence-electron chi connectivity index (χ2n) is 8.35. The zero-order valence-corrected chi connectivity index (χ0v) is 19.3. The zero-order chi connectivity index (χ0) is 21.8. The fourth-order valence-electron chi connectivity index (χ4n) is 4.41. The van der Waals surface area contributed by atoms with Crippen LogP contribution in [0, 0.1) is 12.8 Å². The molecular weight excluding hydrogens is 442 g/mol. The molecule has 1 atom stereocenters. The van der Waals surface area contributed by atoms with Crippen LogP contribution in [-0.2, 0) is 17.6 Å². The predicted molar refractivity (Wildman–Crippen MR) is 127 cm³/mol. The van der Waals surface area contributed by atoms with Crippen molar-refractivity contribution in [3.05, 3.63) is 46.6 Å². The van der Waals surface area contributed by atoms with Crippen molar-refractivity contribution in [3.8, 4) is 0 Å². The second kappa shape index (κ2) is 7.56. The van der Waals surface area contributed by atoms with Crippen molar-refractivity contribution in [1.29, 1.82) is 0 Å². The van der Waals surface area contributed by atoms with E-state index in [4.69, 9.17) is 0 Å². The number of thioether (sulfide) groups is 1. The van der Waals surface area contributed by atoms with Crippen molar-refractivity contribution in [2.45, 2.75) is 38.3 Å². The van der Waals surface area contributed by atoms with Gasteiger partial charge in [-0.05, 0) is 55.4 Å². The van der Waals surface area contributed by atoms with Crippen molar-refractivity contribution < 1.29 is 4.79 Å². The minimum atomic E-state index is -0.0743. The molecule has 10 heteroatoms. The molecule has 0 saturated heterocycles. The molecule has 8 nitrogen and oxygen atoms in total. The van der Waals surface area contributed by atoms with Gasteiger partial charge in [-0.3, -0.25) is 4.79 Å². The molecule has 0 aliphatic heterocycles. The van der Waals surface area contributed by atoms with E-state index < -0.39 is 0 Å². The van der Waals surface area contributed by atoms with Gasteiger partial charge >= 0.3 is 0 Å². The Morgan fingerprint density at radius 1 is 1.34 bits per heavy atom. The van der Waals surface area contributed by atoms with Crippen LogP contribution in [0.1, 0.15) is 29.3 Å². The van der Waals surface area contributed by atoms with E-state index >= 15 is 0 Å². The molecule has 1 N–H and O–H groups in total. The maximum Gasteiger partial charge on any atom is 0.260 e. The number of carbonyl (C=O) groups is 1. The Kier molecular flexibility index (Phi) is 4.65. The van der Waals surface area contributed by atoms with E-state index in [-0.39, 0.29) is 11.7 Å². The van der Waals surface area contributed by atoms with E-state index in [1.807, 2.05) is 35.6 Å². The van der Waals surface area contributed by atoms with E-state index in [0.29, 0.717) is 16.9 Å². The maximum absolute atomic E-state index is 12.6. The minimum Gasteiger partial charge on any atom is -0.325 e. The number of thiophene rings is 1. The first-order chi connectivity index (χ1) is 15.6. The van der Waals surface area contributed by atoms with Gasteiger partial charge in [-0.2, -0.15) is 9.61 Å². The van der Waals surface area contributed by atoms with Gasteiger partial charge in [0.15, 0.2) is 10.8 Å². The summed E-state index contributed by atoms with van der Waals surface area (Å²) in [4.78, 5) is 19.6. The molecule has 0 bridgehead atoms. The molecule has 1 unspecified atom stereocenters. The van der Waals surface area contributed by atoms with Crippen LogP contribution in [0.15, 0.2) is 35.7 Å². The highest BCUT2D eigenvalue weighted by Crippen LogP contribution is 2.40. The molecule has 1 amide bonds. The Bertz CT molecular complexity index is 1500. The molecule has 0 fully saturated rings. The molecule has 1 aliphatic carbocycles. The summed E-state index contributed by atoms with van der Waals surface area (Å²) in [6.45, 7) is 4.31.